The molecule has 2 rings (SSSR count). The average molecular weight is 413 g/mol. The number of ether oxygens (including phenoxy) is 3. The first-order valence-corrected chi connectivity index (χ1v) is 10.1. The summed E-state index contributed by atoms with van der Waals surface area (Å²) in [5.41, 5.74) is 0.814. The summed E-state index contributed by atoms with van der Waals surface area (Å²) < 4.78 is 16.2. The highest BCUT2D eigenvalue weighted by Crippen LogP contribution is 2.31. The van der Waals surface area contributed by atoms with Crippen LogP contribution in [0.25, 0.3) is 0 Å². The number of rotatable bonds is 12. The van der Waals surface area contributed by atoms with Crippen LogP contribution >= 0.6 is 23.1 Å². The summed E-state index contributed by atoms with van der Waals surface area (Å²) in [4.78, 5) is 14.2. The molecule has 0 aliphatic carbocycles. The molecule has 1 heterocycles. The number of nitrogens with zero attached hydrogens (tertiary/aromatic N) is 3. The Balaban J connectivity index is 1.89. The molecule has 0 radical (unpaired) electrons. The Bertz CT molecular complexity index is 706. The van der Waals surface area contributed by atoms with Crippen LogP contribution in [0.1, 0.15) is 0 Å². The smallest absolute Gasteiger partial charge is 0.233 e. The van der Waals surface area contributed by atoms with Crippen molar-refractivity contribution in [2.75, 3.05) is 58.7 Å². The summed E-state index contributed by atoms with van der Waals surface area (Å²) >= 11 is 2.76. The van der Waals surface area contributed by atoms with E-state index < -0.39 is 0 Å². The molecule has 0 fully saturated rings. The SMILES string of the molecule is COCCN(CCOC)C(=O)CSc1nnc(Nc2ccccc2OC)s1. The number of anilines is 2. The molecular formula is C17H24N4O4S2. The van der Waals surface area contributed by atoms with Crippen molar-refractivity contribution in [3.8, 4) is 5.75 Å². The van der Waals surface area contributed by atoms with Gasteiger partial charge in [-0.05, 0) is 12.1 Å². The number of carbonyl (C=O) groups is 1. The third kappa shape index (κ3) is 6.98. The number of thioether (sulfide) groups is 1. The Morgan fingerprint density at radius 2 is 1.85 bits per heavy atom. The number of aromatic nitrogens is 2. The first-order valence-electron chi connectivity index (χ1n) is 8.30. The average Bonchev–Trinajstić information content (AvgIpc) is 3.14. The molecule has 0 aliphatic rings. The lowest BCUT2D eigenvalue weighted by Gasteiger charge is -2.21. The van der Waals surface area contributed by atoms with Gasteiger partial charge in [-0.3, -0.25) is 4.79 Å². The van der Waals surface area contributed by atoms with E-state index in [9.17, 15) is 4.79 Å². The van der Waals surface area contributed by atoms with Crippen molar-refractivity contribution in [3.63, 3.8) is 0 Å². The Labute approximate surface area is 167 Å². The van der Waals surface area contributed by atoms with E-state index in [4.69, 9.17) is 14.2 Å². The molecule has 0 atom stereocenters. The van der Waals surface area contributed by atoms with E-state index in [0.717, 1.165) is 15.8 Å². The maximum Gasteiger partial charge on any atom is 0.233 e. The first kappa shape index (κ1) is 21.4. The number of hydrogen-bond donors (Lipinski definition) is 1. The predicted octanol–water partition coefficient (Wildman–Crippen LogP) is 2.50. The number of nitrogens with one attached hydrogen (secondary N) is 1. The van der Waals surface area contributed by atoms with Gasteiger partial charge in [-0.15, -0.1) is 10.2 Å². The highest BCUT2D eigenvalue weighted by Gasteiger charge is 2.15. The van der Waals surface area contributed by atoms with Crippen LogP contribution in [0.15, 0.2) is 28.6 Å². The molecule has 0 saturated carbocycles. The highest BCUT2D eigenvalue weighted by atomic mass is 32.2. The summed E-state index contributed by atoms with van der Waals surface area (Å²) in [7, 11) is 4.85. The van der Waals surface area contributed by atoms with Crippen LogP contribution < -0.4 is 10.1 Å². The van der Waals surface area contributed by atoms with E-state index in [1.807, 2.05) is 24.3 Å². The van der Waals surface area contributed by atoms with Crippen LogP contribution in [0.4, 0.5) is 10.8 Å². The minimum Gasteiger partial charge on any atom is -0.495 e. The molecule has 1 amide bonds. The van der Waals surface area contributed by atoms with Gasteiger partial charge >= 0.3 is 0 Å². The molecule has 2 aromatic rings. The van der Waals surface area contributed by atoms with Crippen molar-refractivity contribution in [1.29, 1.82) is 0 Å². The third-order valence-corrected chi connectivity index (χ3v) is 5.51. The summed E-state index contributed by atoms with van der Waals surface area (Å²) in [5, 5.41) is 12.1. The monoisotopic (exact) mass is 412 g/mol. The number of benzene rings is 1. The molecule has 27 heavy (non-hydrogen) atoms. The fourth-order valence-corrected chi connectivity index (χ4v) is 3.83. The molecule has 0 saturated heterocycles. The van der Waals surface area contributed by atoms with E-state index in [1.165, 1.54) is 23.1 Å². The maximum atomic E-state index is 12.4. The Morgan fingerprint density at radius 1 is 1.15 bits per heavy atom. The molecule has 0 bridgehead atoms. The number of methoxy groups -OCH3 is 3. The molecule has 8 nitrogen and oxygen atoms in total. The van der Waals surface area contributed by atoms with E-state index in [2.05, 4.69) is 15.5 Å². The molecule has 10 heteroatoms. The molecule has 1 aromatic carbocycles. The number of para-hydroxylation sites is 2. The lowest BCUT2D eigenvalue weighted by atomic mass is 10.3. The largest absolute Gasteiger partial charge is 0.495 e. The molecule has 1 N–H and O–H groups in total. The second kappa shape index (κ2) is 11.8. The summed E-state index contributed by atoms with van der Waals surface area (Å²) in [6, 6.07) is 7.58. The maximum absolute atomic E-state index is 12.4. The van der Waals surface area contributed by atoms with Gasteiger partial charge in [0.15, 0.2) is 4.34 Å². The fourth-order valence-electron chi connectivity index (χ4n) is 2.16. The van der Waals surface area contributed by atoms with Crippen molar-refractivity contribution in [1.82, 2.24) is 15.1 Å². The lowest BCUT2D eigenvalue weighted by Crippen LogP contribution is -2.37. The fraction of sp³-hybridized carbons (Fsp3) is 0.471. The van der Waals surface area contributed by atoms with Gasteiger partial charge < -0.3 is 24.4 Å². The van der Waals surface area contributed by atoms with Gasteiger partial charge in [0.2, 0.25) is 11.0 Å². The minimum atomic E-state index is 0.0172. The number of carbonyl (C=O) groups excluding carboxylic acids is 1. The van der Waals surface area contributed by atoms with Crippen LogP contribution in [0.5, 0.6) is 5.75 Å². The quantitative estimate of drug-likeness (QED) is 0.532. The van der Waals surface area contributed by atoms with Gasteiger partial charge in [0.05, 0.1) is 31.8 Å². The van der Waals surface area contributed by atoms with Crippen LogP contribution in [-0.2, 0) is 14.3 Å². The van der Waals surface area contributed by atoms with Gasteiger partial charge in [0, 0.05) is 27.3 Å². The Kier molecular flexibility index (Phi) is 9.32. The molecular weight excluding hydrogens is 388 g/mol. The van der Waals surface area contributed by atoms with Gasteiger partial charge in [0.25, 0.3) is 0 Å². The van der Waals surface area contributed by atoms with E-state index in [0.29, 0.717) is 31.4 Å². The van der Waals surface area contributed by atoms with Crippen molar-refractivity contribution in [2.24, 2.45) is 0 Å². The second-order valence-corrected chi connectivity index (χ2v) is 7.55. The molecule has 0 spiro atoms. The van der Waals surface area contributed by atoms with Gasteiger partial charge in [-0.1, -0.05) is 35.2 Å². The molecule has 148 valence electrons. The van der Waals surface area contributed by atoms with Crippen molar-refractivity contribution < 1.29 is 19.0 Å². The molecule has 1 aromatic heterocycles. The summed E-state index contributed by atoms with van der Waals surface area (Å²) in [6.45, 7) is 2.06. The zero-order valence-corrected chi connectivity index (χ0v) is 17.3. The normalized spacial score (nSPS) is 10.6. The summed E-state index contributed by atoms with van der Waals surface area (Å²) in [5.74, 6) is 1.03. The van der Waals surface area contributed by atoms with E-state index in [-0.39, 0.29) is 11.7 Å². The van der Waals surface area contributed by atoms with Crippen molar-refractivity contribution in [2.45, 2.75) is 4.34 Å². The highest BCUT2D eigenvalue weighted by molar-refractivity contribution is 8.01. The van der Waals surface area contributed by atoms with Gasteiger partial charge in [0.1, 0.15) is 5.75 Å². The van der Waals surface area contributed by atoms with Gasteiger partial charge in [-0.25, -0.2) is 0 Å². The van der Waals surface area contributed by atoms with Gasteiger partial charge in [-0.2, -0.15) is 0 Å². The van der Waals surface area contributed by atoms with Crippen molar-refractivity contribution in [3.05, 3.63) is 24.3 Å². The molecule has 0 aliphatic heterocycles. The standard InChI is InChI=1S/C17H24N4O4S2/c1-23-10-8-21(9-11-24-2)15(22)12-26-17-20-19-16(27-17)18-13-6-4-5-7-14(13)25-3/h4-7H,8-12H2,1-3H3,(H,18,19). The number of hydrogen-bond acceptors (Lipinski definition) is 9. The zero-order chi connectivity index (χ0) is 19.5. The lowest BCUT2D eigenvalue weighted by molar-refractivity contribution is -0.129. The van der Waals surface area contributed by atoms with E-state index >= 15 is 0 Å². The van der Waals surface area contributed by atoms with Crippen molar-refractivity contribution >= 4 is 39.8 Å². The van der Waals surface area contributed by atoms with Crippen LogP contribution in [0, 0.1) is 0 Å². The first-order chi connectivity index (χ1) is 13.2. The van der Waals surface area contributed by atoms with E-state index in [1.54, 1.807) is 26.2 Å². The predicted molar refractivity (Wildman–Crippen MR) is 107 cm³/mol. The summed E-state index contributed by atoms with van der Waals surface area (Å²) in [6.07, 6.45) is 0. The second-order valence-electron chi connectivity index (χ2n) is 5.35. The third-order valence-electron chi connectivity index (χ3n) is 3.56. The zero-order valence-electron chi connectivity index (χ0n) is 15.6. The van der Waals surface area contributed by atoms with Crippen LogP contribution in [0.2, 0.25) is 0 Å². The Hall–Kier alpha value is -1.88. The minimum absolute atomic E-state index is 0.0172. The topological polar surface area (TPSA) is 85.8 Å². The Morgan fingerprint density at radius 3 is 2.52 bits per heavy atom. The number of amides is 1. The van der Waals surface area contributed by atoms with Crippen LogP contribution in [0.3, 0.4) is 0 Å². The van der Waals surface area contributed by atoms with Crippen LogP contribution in [-0.4, -0.2) is 74.4 Å². The molecule has 0 unspecified atom stereocenters.